The molecular weight excluding hydrogens is 434 g/mol. The fourth-order valence-electron chi connectivity index (χ4n) is 4.42. The van der Waals surface area contributed by atoms with Gasteiger partial charge < -0.3 is 18.5 Å². The van der Waals surface area contributed by atoms with Crippen molar-refractivity contribution in [3.05, 3.63) is 95.1 Å². The molecule has 0 aliphatic carbocycles. The Bertz CT molecular complexity index is 1280. The van der Waals surface area contributed by atoms with Gasteiger partial charge in [-0.05, 0) is 21.5 Å². The minimum absolute atomic E-state index is 0.161. The first kappa shape index (κ1) is 22.8. The number of carboxylic acid groups (broad SMARTS) is 1. The summed E-state index contributed by atoms with van der Waals surface area (Å²) in [5.41, 5.74) is -0.0312. The van der Waals surface area contributed by atoms with Crippen LogP contribution in [0.1, 0.15) is 31.3 Å². The molecule has 0 unspecified atom stereocenters. The minimum Gasteiger partial charge on any atom is -0.475 e. The average Bonchev–Trinajstić information content (AvgIpc) is 3.24. The van der Waals surface area contributed by atoms with Crippen LogP contribution >= 0.6 is 0 Å². The number of hydrogen-bond donors (Lipinski definition) is 1. The average molecular weight is 462 g/mol. The Morgan fingerprint density at radius 2 is 1.58 bits per heavy atom. The van der Waals surface area contributed by atoms with Crippen molar-refractivity contribution in [1.82, 2.24) is 4.57 Å². The van der Waals surface area contributed by atoms with E-state index in [0.717, 1.165) is 0 Å². The van der Waals surface area contributed by atoms with Crippen LogP contribution in [-0.2, 0) is 11.0 Å². The molecule has 0 radical (unpaired) electrons. The highest BCUT2D eigenvalue weighted by Gasteiger charge is 2.50. The third-order valence-corrected chi connectivity index (χ3v) is 11.0. The molecule has 2 heterocycles. The lowest BCUT2D eigenvalue weighted by molar-refractivity contribution is 0.0665. The minimum atomic E-state index is -2.70. The quantitative estimate of drug-likeness (QED) is 0.423. The Hall–Kier alpha value is -3.42. The second kappa shape index (κ2) is 8.84. The molecule has 33 heavy (non-hydrogen) atoms. The number of carbonyl (C=O) groups is 1. The number of carboxylic acids is 1. The van der Waals surface area contributed by atoms with Gasteiger partial charge in [0.2, 0.25) is 5.76 Å². The summed E-state index contributed by atoms with van der Waals surface area (Å²) in [7, 11) is -2.70. The van der Waals surface area contributed by atoms with E-state index < -0.39 is 14.3 Å². The van der Waals surface area contributed by atoms with E-state index >= 15 is 0 Å². The molecule has 0 saturated carbocycles. The van der Waals surface area contributed by atoms with Gasteiger partial charge in [0.25, 0.3) is 13.9 Å². The lowest BCUT2D eigenvalue weighted by Crippen LogP contribution is -2.66. The molecule has 4 aromatic rings. The van der Waals surface area contributed by atoms with Crippen molar-refractivity contribution in [3.8, 4) is 0 Å². The van der Waals surface area contributed by atoms with Crippen molar-refractivity contribution in [3.63, 3.8) is 0 Å². The van der Waals surface area contributed by atoms with Gasteiger partial charge in [-0.2, -0.15) is 0 Å². The highest BCUT2D eigenvalue weighted by atomic mass is 28.4. The highest BCUT2D eigenvalue weighted by molar-refractivity contribution is 6.99. The summed E-state index contributed by atoms with van der Waals surface area (Å²) in [6, 6.07) is 23.5. The van der Waals surface area contributed by atoms with Crippen LogP contribution in [0.4, 0.5) is 0 Å². The number of hydrogen-bond acceptors (Lipinski definition) is 4. The van der Waals surface area contributed by atoms with Crippen LogP contribution in [0.5, 0.6) is 0 Å². The molecular formula is C26H27NO5Si. The molecule has 2 aromatic heterocycles. The van der Waals surface area contributed by atoms with Crippen molar-refractivity contribution < 1.29 is 18.7 Å². The Balaban J connectivity index is 1.69. The third-order valence-electron chi connectivity index (χ3n) is 5.94. The molecule has 0 saturated heterocycles. The molecule has 1 N–H and O–H groups in total. The number of nitrogens with zero attached hydrogens (tertiary/aromatic N) is 1. The van der Waals surface area contributed by atoms with E-state index in [1.54, 1.807) is 16.8 Å². The van der Waals surface area contributed by atoms with E-state index in [2.05, 4.69) is 45.0 Å². The number of fused-ring (bicyclic) bond motifs is 1. The molecule has 170 valence electrons. The molecule has 7 heteroatoms. The number of aromatic nitrogens is 1. The zero-order valence-electron chi connectivity index (χ0n) is 18.9. The molecule has 2 aromatic carbocycles. The monoisotopic (exact) mass is 461 g/mol. The van der Waals surface area contributed by atoms with Gasteiger partial charge in [0.15, 0.2) is 0 Å². The smallest absolute Gasteiger partial charge is 0.371 e. The zero-order valence-corrected chi connectivity index (χ0v) is 19.9. The third kappa shape index (κ3) is 4.17. The fourth-order valence-corrected chi connectivity index (χ4v) is 8.97. The van der Waals surface area contributed by atoms with Gasteiger partial charge >= 0.3 is 5.97 Å². The molecule has 0 bridgehead atoms. The Morgan fingerprint density at radius 1 is 1.00 bits per heavy atom. The fraction of sp³-hybridized carbons (Fsp3) is 0.231. The van der Waals surface area contributed by atoms with Crippen molar-refractivity contribution in [1.29, 1.82) is 0 Å². The van der Waals surface area contributed by atoms with Gasteiger partial charge in [0.05, 0.1) is 12.0 Å². The Kier molecular flexibility index (Phi) is 6.10. The van der Waals surface area contributed by atoms with E-state index in [4.69, 9.17) is 13.9 Å². The molecule has 0 aliphatic rings. The predicted molar refractivity (Wildman–Crippen MR) is 131 cm³/mol. The largest absolute Gasteiger partial charge is 0.475 e. The maximum absolute atomic E-state index is 12.9. The first-order chi connectivity index (χ1) is 15.7. The summed E-state index contributed by atoms with van der Waals surface area (Å²) in [6.45, 7) is 7.29. The normalized spacial score (nSPS) is 12.2. The predicted octanol–water partition coefficient (Wildman–Crippen LogP) is 3.87. The molecule has 0 spiro atoms. The van der Waals surface area contributed by atoms with Crippen LogP contribution in [0.2, 0.25) is 5.04 Å². The molecule has 0 fully saturated rings. The zero-order chi connectivity index (χ0) is 23.6. The van der Waals surface area contributed by atoms with Gasteiger partial charge in [-0.3, -0.25) is 4.79 Å². The number of pyridine rings is 1. The van der Waals surface area contributed by atoms with Gasteiger partial charge in [-0.1, -0.05) is 81.4 Å². The summed E-state index contributed by atoms with van der Waals surface area (Å²) in [4.78, 5) is 24.1. The van der Waals surface area contributed by atoms with Gasteiger partial charge in [-0.25, -0.2) is 4.79 Å². The van der Waals surface area contributed by atoms with Gasteiger partial charge in [0, 0.05) is 18.8 Å². The Morgan fingerprint density at radius 3 is 2.09 bits per heavy atom. The van der Waals surface area contributed by atoms with E-state index in [9.17, 15) is 9.59 Å². The molecule has 4 rings (SSSR count). The van der Waals surface area contributed by atoms with Crippen LogP contribution in [0.15, 0.2) is 88.2 Å². The standard InChI is InChI=1S/C26H27NO5Si/c1-26(2,3)33(19-10-6-4-7-11-19,20-12-8-5-9-13-20)31-17-16-27-15-14-22-21(24(27)28)18-23(32-22)25(29)30/h4-15,18H,16-17H2,1-3H3,(H,29,30). The van der Waals surface area contributed by atoms with E-state index in [1.807, 2.05) is 36.4 Å². The lowest BCUT2D eigenvalue weighted by atomic mass is 10.2. The van der Waals surface area contributed by atoms with Crippen LogP contribution in [0, 0.1) is 0 Å². The summed E-state index contributed by atoms with van der Waals surface area (Å²) in [5, 5.41) is 11.6. The number of benzene rings is 2. The van der Waals surface area contributed by atoms with Crippen molar-refractivity contribution in [2.24, 2.45) is 0 Å². The number of rotatable bonds is 7. The summed E-state index contributed by atoms with van der Waals surface area (Å²) in [6.07, 6.45) is 1.62. The number of aromatic carboxylic acids is 1. The van der Waals surface area contributed by atoms with Gasteiger partial charge in [-0.15, -0.1) is 0 Å². The van der Waals surface area contributed by atoms with E-state index in [-0.39, 0.29) is 27.3 Å². The second-order valence-electron chi connectivity index (χ2n) is 9.02. The maximum atomic E-state index is 12.9. The van der Waals surface area contributed by atoms with E-state index in [1.165, 1.54) is 16.4 Å². The summed E-state index contributed by atoms with van der Waals surface area (Å²) >= 11 is 0. The first-order valence-corrected chi connectivity index (χ1v) is 12.8. The highest BCUT2D eigenvalue weighted by Crippen LogP contribution is 2.36. The Labute approximate surface area is 193 Å². The molecule has 6 nitrogen and oxygen atoms in total. The van der Waals surface area contributed by atoms with Crippen molar-refractivity contribution in [2.45, 2.75) is 32.4 Å². The van der Waals surface area contributed by atoms with Crippen molar-refractivity contribution in [2.75, 3.05) is 6.61 Å². The second-order valence-corrected chi connectivity index (χ2v) is 13.3. The van der Waals surface area contributed by atoms with Crippen LogP contribution in [-0.4, -0.2) is 30.6 Å². The number of furan rings is 1. The van der Waals surface area contributed by atoms with E-state index in [0.29, 0.717) is 13.2 Å². The van der Waals surface area contributed by atoms with Crippen LogP contribution in [0.3, 0.4) is 0 Å². The topological polar surface area (TPSA) is 81.7 Å². The van der Waals surface area contributed by atoms with Gasteiger partial charge in [0.1, 0.15) is 5.58 Å². The van der Waals surface area contributed by atoms with Crippen LogP contribution in [0.25, 0.3) is 11.0 Å². The lowest BCUT2D eigenvalue weighted by Gasteiger charge is -2.43. The maximum Gasteiger partial charge on any atom is 0.371 e. The van der Waals surface area contributed by atoms with Crippen molar-refractivity contribution >= 4 is 35.6 Å². The summed E-state index contributed by atoms with van der Waals surface area (Å²) < 4.78 is 13.6. The SMILES string of the molecule is CC(C)(C)[Si](OCCn1ccc2oc(C(=O)O)cc2c1=O)(c1ccccc1)c1ccccc1. The molecule has 0 amide bonds. The first-order valence-electron chi connectivity index (χ1n) is 10.9. The molecule has 0 atom stereocenters. The molecule has 0 aliphatic heterocycles. The van der Waals surface area contributed by atoms with Crippen LogP contribution < -0.4 is 15.9 Å². The summed E-state index contributed by atoms with van der Waals surface area (Å²) in [5.74, 6) is -1.45.